The topological polar surface area (TPSA) is 120 Å². The average molecular weight is 472 g/mol. The van der Waals surface area contributed by atoms with Crippen molar-refractivity contribution in [2.45, 2.75) is 12.6 Å². The van der Waals surface area contributed by atoms with Crippen LogP contribution in [-0.4, -0.2) is 35.6 Å². The van der Waals surface area contributed by atoms with E-state index >= 15 is 0 Å². The predicted molar refractivity (Wildman–Crippen MR) is 114 cm³/mol. The first-order valence-corrected chi connectivity index (χ1v) is 9.76. The first kappa shape index (κ1) is 24.2. The highest BCUT2D eigenvalue weighted by molar-refractivity contribution is 6.12. The van der Waals surface area contributed by atoms with Crippen molar-refractivity contribution in [1.29, 1.82) is 0 Å². The summed E-state index contributed by atoms with van der Waals surface area (Å²) in [4.78, 5) is 40.0. The highest BCUT2D eigenvalue weighted by Gasteiger charge is 2.28. The third-order valence-corrected chi connectivity index (χ3v) is 4.40. The van der Waals surface area contributed by atoms with Crippen LogP contribution in [-0.2, 0) is 4.79 Å². The van der Waals surface area contributed by atoms with Gasteiger partial charge in [-0.05, 0) is 29.8 Å². The summed E-state index contributed by atoms with van der Waals surface area (Å²) in [6, 6.07) is 13.3. The van der Waals surface area contributed by atoms with Gasteiger partial charge >= 0.3 is 6.18 Å². The van der Waals surface area contributed by atoms with Gasteiger partial charge in [0, 0.05) is 29.6 Å². The molecule has 34 heavy (non-hydrogen) atoms. The molecular formula is C23H17F3N3O5-. The molecule has 2 amide bonds. The van der Waals surface area contributed by atoms with Crippen molar-refractivity contribution in [3.05, 3.63) is 72.6 Å². The van der Waals surface area contributed by atoms with Gasteiger partial charge in [-0.15, -0.1) is 0 Å². The number of nitrogens with one attached hydrogen (secondary N) is 2. The third-order valence-electron chi connectivity index (χ3n) is 4.40. The number of amides is 2. The van der Waals surface area contributed by atoms with Crippen LogP contribution >= 0.6 is 0 Å². The zero-order chi connectivity index (χ0) is 24.7. The summed E-state index contributed by atoms with van der Waals surface area (Å²) in [6.07, 6.45) is -3.68. The molecule has 0 radical (unpaired) electrons. The van der Waals surface area contributed by atoms with Gasteiger partial charge in [0.2, 0.25) is 5.91 Å². The van der Waals surface area contributed by atoms with Crippen LogP contribution in [0.1, 0.15) is 16.8 Å². The van der Waals surface area contributed by atoms with Crippen LogP contribution in [0.3, 0.4) is 0 Å². The number of carbonyl (C=O) groups excluding carboxylic acids is 3. The molecule has 2 aromatic carbocycles. The maximum Gasteiger partial charge on any atom is 0.422 e. The maximum absolute atomic E-state index is 12.6. The number of alkyl halides is 3. The highest BCUT2D eigenvalue weighted by atomic mass is 19.4. The Kier molecular flexibility index (Phi) is 7.46. The van der Waals surface area contributed by atoms with Crippen molar-refractivity contribution in [2.75, 3.05) is 17.2 Å². The molecule has 0 aliphatic rings. The summed E-state index contributed by atoms with van der Waals surface area (Å²) in [5.74, 6) is -1.61. The van der Waals surface area contributed by atoms with Gasteiger partial charge in [0.1, 0.15) is 11.8 Å². The van der Waals surface area contributed by atoms with Crippen molar-refractivity contribution >= 4 is 29.2 Å². The minimum Gasteiger partial charge on any atom is -0.530 e. The first-order valence-electron chi connectivity index (χ1n) is 9.76. The molecule has 1 heterocycles. The quantitative estimate of drug-likeness (QED) is 0.381. The summed E-state index contributed by atoms with van der Waals surface area (Å²) >= 11 is 0. The van der Waals surface area contributed by atoms with Crippen LogP contribution in [0.2, 0.25) is 0 Å². The van der Waals surface area contributed by atoms with E-state index in [4.69, 9.17) is 0 Å². The molecule has 3 aromatic rings. The Hall–Kier alpha value is -4.41. The van der Waals surface area contributed by atoms with Crippen LogP contribution in [0.5, 0.6) is 5.75 Å². The maximum atomic E-state index is 12.6. The summed E-state index contributed by atoms with van der Waals surface area (Å²) in [5, 5.41) is 15.1. The number of hydrogen-bond donors (Lipinski definition) is 2. The largest absolute Gasteiger partial charge is 0.530 e. The first-order chi connectivity index (χ1) is 16.1. The van der Waals surface area contributed by atoms with Gasteiger partial charge in [0.25, 0.3) is 0 Å². The molecule has 176 valence electrons. The molecule has 0 saturated heterocycles. The second kappa shape index (κ2) is 10.5. The van der Waals surface area contributed by atoms with Crippen molar-refractivity contribution in [1.82, 2.24) is 4.98 Å². The van der Waals surface area contributed by atoms with Crippen molar-refractivity contribution in [3.63, 3.8) is 0 Å². The normalized spacial score (nSPS) is 10.9. The Morgan fingerprint density at radius 2 is 1.71 bits per heavy atom. The van der Waals surface area contributed by atoms with Crippen molar-refractivity contribution in [2.24, 2.45) is 0 Å². The summed E-state index contributed by atoms with van der Waals surface area (Å²) in [7, 11) is 0. The van der Waals surface area contributed by atoms with E-state index in [0.717, 1.165) is 23.8 Å². The zero-order valence-electron chi connectivity index (χ0n) is 17.4. The van der Waals surface area contributed by atoms with Crippen molar-refractivity contribution < 1.29 is 37.4 Å². The van der Waals surface area contributed by atoms with Gasteiger partial charge in [-0.1, -0.05) is 24.3 Å². The van der Waals surface area contributed by atoms with Gasteiger partial charge in [-0.25, -0.2) is 0 Å². The van der Waals surface area contributed by atoms with E-state index in [1.165, 1.54) is 6.07 Å². The van der Waals surface area contributed by atoms with Gasteiger partial charge in [-0.3, -0.25) is 14.6 Å². The molecule has 2 N–H and O–H groups in total. The number of benzene rings is 2. The zero-order valence-corrected chi connectivity index (χ0v) is 17.4. The molecule has 0 fully saturated rings. The molecule has 8 nitrogen and oxygen atoms in total. The third kappa shape index (κ3) is 7.05. The summed E-state index contributed by atoms with van der Waals surface area (Å²) in [6.45, 7) is -1.58. The molecule has 0 atom stereocenters. The fourth-order valence-electron chi connectivity index (χ4n) is 2.95. The minimum atomic E-state index is -4.60. The van der Waals surface area contributed by atoms with Crippen LogP contribution in [0.15, 0.2) is 67.0 Å². The lowest BCUT2D eigenvalue weighted by Gasteiger charge is -2.16. The molecule has 0 spiro atoms. The van der Waals surface area contributed by atoms with E-state index in [1.54, 1.807) is 36.7 Å². The lowest BCUT2D eigenvalue weighted by Crippen LogP contribution is -2.29. The molecule has 11 heteroatoms. The lowest BCUT2D eigenvalue weighted by molar-refractivity contribution is -0.242. The predicted octanol–water partition coefficient (Wildman–Crippen LogP) is 3.66. The number of anilines is 2. The van der Waals surface area contributed by atoms with Gasteiger partial charge in [-0.2, -0.15) is 13.2 Å². The number of Topliss-reactive ketones (excluding diaryl/α,β-unsaturated/α-hetero) is 1. The molecule has 0 aliphatic heterocycles. The summed E-state index contributed by atoms with van der Waals surface area (Å²) in [5.41, 5.74) is 1.38. The number of rotatable bonds is 8. The van der Waals surface area contributed by atoms with E-state index in [1.807, 2.05) is 11.4 Å². The molecule has 0 bridgehead atoms. The Balaban J connectivity index is 1.74. The van der Waals surface area contributed by atoms with Crippen LogP contribution in [0.4, 0.5) is 29.3 Å². The number of ketones is 1. The molecular weight excluding hydrogens is 455 g/mol. The van der Waals surface area contributed by atoms with Gasteiger partial charge in [0.05, 0.1) is 17.8 Å². The number of carboxylic acid groups (broad SMARTS) is 1. The lowest BCUT2D eigenvalue weighted by atomic mass is 10.0. The number of halogens is 3. The molecule has 0 saturated carbocycles. The SMILES string of the molecule is O=C([O-])Nc1ccc(OCC(F)(F)F)cc1NC(=O)CC(=O)c1cccc(-c2cccnc2)c1. The van der Waals surface area contributed by atoms with E-state index in [-0.39, 0.29) is 22.7 Å². The average Bonchev–Trinajstić information content (AvgIpc) is 2.79. The Morgan fingerprint density at radius 1 is 0.941 bits per heavy atom. The molecule has 1 aromatic heterocycles. The molecule has 3 rings (SSSR count). The number of hydrogen-bond acceptors (Lipinski definition) is 6. The van der Waals surface area contributed by atoms with E-state index in [9.17, 15) is 32.7 Å². The Bertz CT molecular complexity index is 1200. The van der Waals surface area contributed by atoms with Gasteiger partial charge < -0.3 is 25.3 Å². The van der Waals surface area contributed by atoms with E-state index in [2.05, 4.69) is 15.0 Å². The molecule has 0 unspecified atom stereocenters. The Morgan fingerprint density at radius 3 is 2.38 bits per heavy atom. The standard InChI is InChI=1S/C23H18F3N3O5/c24-23(25,26)13-34-17-6-7-18(29-22(32)33)19(10-17)28-21(31)11-20(30)15-4-1-3-14(9-15)16-5-2-8-27-12-16/h1-10,12,29H,11,13H2,(H,28,31)(H,32,33)/p-1. The Labute approximate surface area is 191 Å². The van der Waals surface area contributed by atoms with Crippen LogP contribution < -0.4 is 20.5 Å². The number of carbonyl (C=O) groups is 3. The number of ether oxygens (including phenoxy) is 1. The fourth-order valence-corrected chi connectivity index (χ4v) is 2.95. The van der Waals surface area contributed by atoms with Crippen molar-refractivity contribution in [3.8, 4) is 16.9 Å². The van der Waals surface area contributed by atoms with E-state index < -0.39 is 37.0 Å². The number of nitrogens with zero attached hydrogens (tertiary/aromatic N) is 1. The second-order valence-corrected chi connectivity index (χ2v) is 6.99. The number of pyridine rings is 1. The highest BCUT2D eigenvalue weighted by Crippen LogP contribution is 2.29. The number of aromatic nitrogens is 1. The smallest absolute Gasteiger partial charge is 0.422 e. The second-order valence-electron chi connectivity index (χ2n) is 6.99. The monoisotopic (exact) mass is 472 g/mol. The summed E-state index contributed by atoms with van der Waals surface area (Å²) < 4.78 is 41.9. The van der Waals surface area contributed by atoms with Gasteiger partial charge in [0.15, 0.2) is 12.4 Å². The van der Waals surface area contributed by atoms with E-state index in [0.29, 0.717) is 5.56 Å². The molecule has 0 aliphatic carbocycles. The minimum absolute atomic E-state index is 0.168. The fraction of sp³-hybridized carbons (Fsp3) is 0.130. The van der Waals surface area contributed by atoms with Crippen LogP contribution in [0, 0.1) is 0 Å². The van der Waals surface area contributed by atoms with Crippen LogP contribution in [0.25, 0.3) is 11.1 Å².